The lowest BCUT2D eigenvalue weighted by Gasteiger charge is -2.26. The minimum absolute atomic E-state index is 0.0598. The summed E-state index contributed by atoms with van der Waals surface area (Å²) in [4.78, 5) is 0. The van der Waals surface area contributed by atoms with Crippen LogP contribution in [0.25, 0.3) is 0 Å². The third-order valence-corrected chi connectivity index (χ3v) is 3.78. The second kappa shape index (κ2) is 9.69. The molecule has 0 bridgehead atoms. The van der Waals surface area contributed by atoms with Gasteiger partial charge in [0, 0.05) is 12.1 Å². The van der Waals surface area contributed by atoms with Crippen molar-refractivity contribution in [2.24, 2.45) is 0 Å². The van der Waals surface area contributed by atoms with Crippen LogP contribution < -0.4 is 10.6 Å². The molecular weight excluding hydrogens is 256 g/mol. The van der Waals surface area contributed by atoms with Crippen LogP contribution in [-0.2, 0) is 18.8 Å². The van der Waals surface area contributed by atoms with Crippen molar-refractivity contribution in [2.75, 3.05) is 27.8 Å². The Morgan fingerprint density at radius 1 is 1.11 bits per heavy atom. The van der Waals surface area contributed by atoms with E-state index in [-0.39, 0.29) is 18.7 Å². The zero-order valence-electron chi connectivity index (χ0n) is 11.7. The maximum Gasteiger partial charge on any atom is 0.399 e. The summed E-state index contributed by atoms with van der Waals surface area (Å²) in [6, 6.07) is 0.102. The van der Waals surface area contributed by atoms with E-state index in [1.54, 1.807) is 7.05 Å². The number of nitrogens with one attached hydrogen (secondary N) is 2. The molecule has 6 nitrogen and oxygen atoms in total. The maximum atomic E-state index is 11.1. The molecule has 2 atom stereocenters. The van der Waals surface area contributed by atoms with E-state index in [0.717, 1.165) is 26.4 Å². The number of rotatable bonds is 11. The number of unbranched alkanes of at least 4 members (excludes halogenated alkanes) is 2. The van der Waals surface area contributed by atoms with Crippen LogP contribution in [0.1, 0.15) is 32.6 Å². The molecule has 2 unspecified atom stereocenters. The van der Waals surface area contributed by atoms with E-state index in [1.807, 2.05) is 7.05 Å². The zero-order chi connectivity index (χ0) is 14.0. The van der Waals surface area contributed by atoms with Crippen LogP contribution in [0.4, 0.5) is 0 Å². The summed E-state index contributed by atoms with van der Waals surface area (Å²) in [5.74, 6) is 0. The van der Waals surface area contributed by atoms with E-state index in [2.05, 4.69) is 21.7 Å². The van der Waals surface area contributed by atoms with Gasteiger partial charge in [0.05, 0.1) is 13.7 Å². The highest BCUT2D eigenvalue weighted by atomic mass is 32.3. The normalized spacial score (nSPS) is 15.6. The fraction of sp³-hybridized carbons (Fsp3) is 1.00. The molecule has 0 rings (SSSR count). The molecule has 0 heterocycles. The first-order valence-electron chi connectivity index (χ1n) is 6.30. The molecule has 0 aromatic rings. The Bertz CT molecular complexity index is 295. The largest absolute Gasteiger partial charge is 0.399 e. The van der Waals surface area contributed by atoms with Crippen molar-refractivity contribution < 1.29 is 16.8 Å². The first-order chi connectivity index (χ1) is 8.50. The van der Waals surface area contributed by atoms with Gasteiger partial charge in [-0.2, -0.15) is 8.42 Å². The van der Waals surface area contributed by atoms with Gasteiger partial charge in [-0.1, -0.05) is 26.2 Å². The highest BCUT2D eigenvalue weighted by Crippen LogP contribution is 2.08. The van der Waals surface area contributed by atoms with Crippen LogP contribution in [-0.4, -0.2) is 48.3 Å². The molecule has 0 spiro atoms. The second-order valence-electron chi connectivity index (χ2n) is 4.15. The Morgan fingerprint density at radius 2 is 1.72 bits per heavy atom. The van der Waals surface area contributed by atoms with Gasteiger partial charge in [-0.15, -0.1) is 0 Å². The van der Waals surface area contributed by atoms with Gasteiger partial charge in [0.2, 0.25) is 0 Å². The molecule has 0 aliphatic rings. The lowest BCUT2D eigenvalue weighted by molar-refractivity contribution is 0.200. The van der Waals surface area contributed by atoms with Crippen LogP contribution in [0.3, 0.4) is 0 Å². The van der Waals surface area contributed by atoms with Crippen LogP contribution in [0, 0.1) is 0 Å². The lowest BCUT2D eigenvalue weighted by Crippen LogP contribution is -2.48. The molecule has 0 aliphatic carbocycles. The molecule has 110 valence electrons. The van der Waals surface area contributed by atoms with Crippen molar-refractivity contribution in [1.29, 1.82) is 0 Å². The zero-order valence-corrected chi connectivity index (χ0v) is 12.5. The maximum absolute atomic E-state index is 11.1. The highest BCUT2D eigenvalue weighted by Gasteiger charge is 2.21. The molecule has 0 saturated carbocycles. The summed E-state index contributed by atoms with van der Waals surface area (Å²) in [6.07, 6.45) is 4.42. The fourth-order valence-corrected chi connectivity index (χ4v) is 2.18. The summed E-state index contributed by atoms with van der Waals surface area (Å²) in [7, 11) is 0.881. The standard InChI is InChI=1S/C11H26N2O4S/c1-5-6-7-8-10(12-2)11(13-3)9-17-18(14,15)16-4/h10-13H,5-9H2,1-4H3. The van der Waals surface area contributed by atoms with E-state index >= 15 is 0 Å². The molecule has 18 heavy (non-hydrogen) atoms. The van der Waals surface area contributed by atoms with Gasteiger partial charge in [-0.05, 0) is 20.5 Å². The van der Waals surface area contributed by atoms with Crippen molar-refractivity contribution in [3.63, 3.8) is 0 Å². The summed E-state index contributed by atoms with van der Waals surface area (Å²) in [5.41, 5.74) is 0. The van der Waals surface area contributed by atoms with Crippen molar-refractivity contribution >= 4 is 10.4 Å². The SMILES string of the molecule is CCCCCC(NC)C(COS(=O)(=O)OC)NC. The quantitative estimate of drug-likeness (QED) is 0.542. The number of likely N-dealkylation sites (N-methyl/N-ethyl adjacent to an activating group) is 2. The molecule has 0 saturated heterocycles. The molecule has 2 N–H and O–H groups in total. The van der Waals surface area contributed by atoms with Crippen LogP contribution >= 0.6 is 0 Å². The van der Waals surface area contributed by atoms with Crippen molar-refractivity contribution in [3.05, 3.63) is 0 Å². The summed E-state index contributed by atoms with van der Waals surface area (Å²) < 4.78 is 31.2. The highest BCUT2D eigenvalue weighted by molar-refractivity contribution is 7.81. The molecular formula is C11H26N2O4S. The molecule has 0 radical (unpaired) electrons. The van der Waals surface area contributed by atoms with E-state index in [0.29, 0.717) is 0 Å². The van der Waals surface area contributed by atoms with Gasteiger partial charge >= 0.3 is 10.4 Å². The van der Waals surface area contributed by atoms with Gasteiger partial charge in [-0.3, -0.25) is 4.18 Å². The number of hydrogen-bond donors (Lipinski definition) is 2. The third-order valence-electron chi connectivity index (χ3n) is 2.94. The molecule has 0 aliphatic heterocycles. The third kappa shape index (κ3) is 7.27. The Morgan fingerprint density at radius 3 is 2.17 bits per heavy atom. The van der Waals surface area contributed by atoms with E-state index in [9.17, 15) is 8.42 Å². The average Bonchev–Trinajstić information content (AvgIpc) is 2.37. The molecule has 7 heteroatoms. The predicted octanol–water partition coefficient (Wildman–Crippen LogP) is 0.651. The van der Waals surface area contributed by atoms with Crippen LogP contribution in [0.15, 0.2) is 0 Å². The fourth-order valence-electron chi connectivity index (χ4n) is 1.77. The first-order valence-corrected chi connectivity index (χ1v) is 7.63. The van der Waals surface area contributed by atoms with Crippen molar-refractivity contribution in [3.8, 4) is 0 Å². The Kier molecular flexibility index (Phi) is 9.57. The lowest BCUT2D eigenvalue weighted by atomic mass is 10.0. The van der Waals surface area contributed by atoms with Gasteiger partial charge < -0.3 is 10.6 Å². The van der Waals surface area contributed by atoms with Crippen LogP contribution in [0.5, 0.6) is 0 Å². The Labute approximate surface area is 111 Å². The van der Waals surface area contributed by atoms with Gasteiger partial charge in [0.15, 0.2) is 0 Å². The number of hydrogen-bond acceptors (Lipinski definition) is 6. The van der Waals surface area contributed by atoms with Crippen molar-refractivity contribution in [2.45, 2.75) is 44.7 Å². The summed E-state index contributed by atoms with van der Waals surface area (Å²) in [5, 5.41) is 6.26. The minimum atomic E-state index is -3.86. The minimum Gasteiger partial charge on any atom is -0.315 e. The molecule has 0 amide bonds. The van der Waals surface area contributed by atoms with Crippen molar-refractivity contribution in [1.82, 2.24) is 10.6 Å². The van der Waals surface area contributed by atoms with Gasteiger partial charge in [0.25, 0.3) is 0 Å². The summed E-state index contributed by atoms with van der Waals surface area (Å²) in [6.45, 7) is 2.21. The smallest absolute Gasteiger partial charge is 0.315 e. The van der Waals surface area contributed by atoms with Gasteiger partial charge in [0.1, 0.15) is 0 Å². The van der Waals surface area contributed by atoms with E-state index in [1.165, 1.54) is 6.42 Å². The Balaban J connectivity index is 4.26. The predicted molar refractivity (Wildman–Crippen MR) is 71.7 cm³/mol. The first kappa shape index (κ1) is 17.8. The second-order valence-corrected chi connectivity index (χ2v) is 5.53. The Hall–Kier alpha value is -0.210. The monoisotopic (exact) mass is 282 g/mol. The molecule has 0 aromatic heterocycles. The van der Waals surface area contributed by atoms with E-state index in [4.69, 9.17) is 4.18 Å². The topological polar surface area (TPSA) is 76.7 Å². The average molecular weight is 282 g/mol. The van der Waals surface area contributed by atoms with Gasteiger partial charge in [-0.25, -0.2) is 4.18 Å². The molecule has 0 fully saturated rings. The van der Waals surface area contributed by atoms with Crippen LogP contribution in [0.2, 0.25) is 0 Å². The van der Waals surface area contributed by atoms with E-state index < -0.39 is 10.4 Å². The summed E-state index contributed by atoms with van der Waals surface area (Å²) >= 11 is 0. The molecule has 0 aromatic carbocycles.